The molecule has 138 valence electrons. The summed E-state index contributed by atoms with van der Waals surface area (Å²) in [5.74, 6) is 0.731. The smallest absolute Gasteiger partial charge is 0.419 e. The van der Waals surface area contributed by atoms with Crippen molar-refractivity contribution >= 4 is 17.9 Å². The van der Waals surface area contributed by atoms with Gasteiger partial charge in [0.15, 0.2) is 0 Å². The maximum atomic E-state index is 11.4. The predicted octanol–water partition coefficient (Wildman–Crippen LogP) is 1.82. The molecule has 0 fully saturated rings. The summed E-state index contributed by atoms with van der Waals surface area (Å²) in [4.78, 5) is 36.7. The van der Waals surface area contributed by atoms with Crippen LogP contribution in [0.25, 0.3) is 0 Å². The number of ether oxygens (including phenoxy) is 1. The third kappa shape index (κ3) is 13.3. The van der Waals surface area contributed by atoms with Gasteiger partial charge in [-0.2, -0.15) is 0 Å². The van der Waals surface area contributed by atoms with Crippen molar-refractivity contribution in [2.75, 3.05) is 21.1 Å². The number of amides is 2. The summed E-state index contributed by atoms with van der Waals surface area (Å²) in [5, 5.41) is 2.39. The summed E-state index contributed by atoms with van der Waals surface area (Å²) >= 11 is 0. The van der Waals surface area contributed by atoms with Gasteiger partial charge in [0.2, 0.25) is 11.8 Å². The lowest BCUT2D eigenvalue weighted by Gasteiger charge is -2.19. The summed E-state index contributed by atoms with van der Waals surface area (Å²) in [5.41, 5.74) is -0.464. The van der Waals surface area contributed by atoms with E-state index >= 15 is 0 Å². The number of carbonyl (C=O) groups is 3. The van der Waals surface area contributed by atoms with Crippen LogP contribution in [0, 0.1) is 6.92 Å². The number of carbonyl (C=O) groups excluding carboxylic acids is 3. The molecule has 0 aliphatic rings. The molecule has 0 atom stereocenters. The minimum atomic E-state index is -0.464. The van der Waals surface area contributed by atoms with Crippen LogP contribution in [0.15, 0.2) is 12.4 Å². The number of hydrogen-bond donors (Lipinski definition) is 1. The first-order chi connectivity index (χ1) is 10.8. The van der Waals surface area contributed by atoms with E-state index in [4.69, 9.17) is 4.74 Å². The molecule has 0 aromatic carbocycles. The lowest BCUT2D eigenvalue weighted by molar-refractivity contribution is -0.126. The SMILES string of the molecule is CC(=O)N(C)C.CNC(C)=O.Cc1nccn1C(=O)OC(C)(C)C. The van der Waals surface area contributed by atoms with Crippen molar-refractivity contribution in [1.82, 2.24) is 19.8 Å². The van der Waals surface area contributed by atoms with E-state index in [0.29, 0.717) is 5.82 Å². The molecule has 1 rings (SSSR count). The summed E-state index contributed by atoms with van der Waals surface area (Å²) < 4.78 is 6.53. The normalized spacial score (nSPS) is 9.54. The van der Waals surface area contributed by atoms with Crippen LogP contribution in [0.3, 0.4) is 0 Å². The fourth-order valence-electron chi connectivity index (χ4n) is 0.882. The monoisotopic (exact) mass is 342 g/mol. The zero-order chi connectivity index (χ0) is 19.5. The van der Waals surface area contributed by atoms with Crippen molar-refractivity contribution in [3.63, 3.8) is 0 Å². The summed E-state index contributed by atoms with van der Waals surface area (Å²) in [7, 11) is 5.05. The van der Waals surface area contributed by atoms with Crippen LogP contribution in [0.5, 0.6) is 0 Å². The highest BCUT2D eigenvalue weighted by atomic mass is 16.6. The number of nitrogens with one attached hydrogen (secondary N) is 1. The Bertz CT molecular complexity index is 530. The molecule has 0 aliphatic carbocycles. The molecule has 24 heavy (non-hydrogen) atoms. The molecular formula is C16H30N4O4. The first-order valence-corrected chi connectivity index (χ1v) is 7.41. The average Bonchev–Trinajstić information content (AvgIpc) is 2.84. The van der Waals surface area contributed by atoms with Gasteiger partial charge >= 0.3 is 6.09 Å². The predicted molar refractivity (Wildman–Crippen MR) is 92.7 cm³/mol. The Labute approximate surface area is 144 Å². The van der Waals surface area contributed by atoms with E-state index in [1.807, 2.05) is 20.8 Å². The van der Waals surface area contributed by atoms with Crippen LogP contribution in [0.1, 0.15) is 40.4 Å². The van der Waals surface area contributed by atoms with Gasteiger partial charge in [-0.05, 0) is 27.7 Å². The summed E-state index contributed by atoms with van der Waals surface area (Å²) in [6.45, 7) is 10.2. The summed E-state index contributed by atoms with van der Waals surface area (Å²) in [6, 6.07) is 0. The van der Waals surface area contributed by atoms with Crippen molar-refractivity contribution in [2.45, 2.75) is 47.1 Å². The number of hydrogen-bond acceptors (Lipinski definition) is 5. The molecule has 1 aromatic heterocycles. The number of aryl methyl sites for hydroxylation is 1. The molecule has 0 radical (unpaired) electrons. The van der Waals surface area contributed by atoms with Gasteiger partial charge in [-0.1, -0.05) is 0 Å². The quantitative estimate of drug-likeness (QED) is 0.776. The lowest BCUT2D eigenvalue weighted by atomic mass is 10.2. The van der Waals surface area contributed by atoms with E-state index in [9.17, 15) is 14.4 Å². The molecule has 1 aromatic rings. The molecule has 0 aliphatic heterocycles. The molecule has 0 spiro atoms. The van der Waals surface area contributed by atoms with Crippen molar-refractivity contribution in [3.05, 3.63) is 18.2 Å². The zero-order valence-corrected chi connectivity index (χ0v) is 16.1. The van der Waals surface area contributed by atoms with Gasteiger partial charge in [-0.25, -0.2) is 14.3 Å². The topological polar surface area (TPSA) is 93.5 Å². The average molecular weight is 342 g/mol. The van der Waals surface area contributed by atoms with Crippen LogP contribution >= 0.6 is 0 Å². The Morgan fingerprint density at radius 3 is 1.83 bits per heavy atom. The molecule has 1 heterocycles. The van der Waals surface area contributed by atoms with E-state index in [-0.39, 0.29) is 17.9 Å². The fraction of sp³-hybridized carbons (Fsp3) is 0.625. The van der Waals surface area contributed by atoms with Gasteiger partial charge in [-0.15, -0.1) is 0 Å². The molecule has 0 saturated heterocycles. The number of rotatable bonds is 0. The minimum Gasteiger partial charge on any atom is -0.443 e. The van der Waals surface area contributed by atoms with E-state index in [2.05, 4.69) is 10.3 Å². The Balaban J connectivity index is 0. The molecule has 1 N–H and O–H groups in total. The van der Waals surface area contributed by atoms with Crippen molar-refractivity contribution in [2.24, 2.45) is 0 Å². The van der Waals surface area contributed by atoms with Crippen LogP contribution in [0.4, 0.5) is 4.79 Å². The molecule has 0 saturated carbocycles. The second kappa shape index (κ2) is 11.2. The second-order valence-electron chi connectivity index (χ2n) is 6.04. The molecular weight excluding hydrogens is 312 g/mol. The molecule has 0 bridgehead atoms. The third-order valence-corrected chi connectivity index (χ3v) is 2.40. The first-order valence-electron chi connectivity index (χ1n) is 7.41. The van der Waals surface area contributed by atoms with Crippen molar-refractivity contribution in [1.29, 1.82) is 0 Å². The van der Waals surface area contributed by atoms with Crippen molar-refractivity contribution in [3.8, 4) is 0 Å². The second-order valence-corrected chi connectivity index (χ2v) is 6.04. The first kappa shape index (κ1) is 23.9. The van der Waals surface area contributed by atoms with E-state index in [0.717, 1.165) is 0 Å². The Morgan fingerprint density at radius 2 is 1.62 bits per heavy atom. The maximum absolute atomic E-state index is 11.4. The number of nitrogens with zero attached hydrogens (tertiary/aromatic N) is 3. The maximum Gasteiger partial charge on any atom is 0.419 e. The van der Waals surface area contributed by atoms with Crippen molar-refractivity contribution < 1.29 is 19.1 Å². The van der Waals surface area contributed by atoms with Gasteiger partial charge in [0, 0.05) is 47.4 Å². The van der Waals surface area contributed by atoms with E-state index < -0.39 is 5.60 Å². The Morgan fingerprint density at radius 1 is 1.21 bits per heavy atom. The number of aromatic nitrogens is 2. The molecule has 2 amide bonds. The van der Waals surface area contributed by atoms with Crippen LogP contribution in [0.2, 0.25) is 0 Å². The van der Waals surface area contributed by atoms with Gasteiger partial charge in [0.05, 0.1) is 0 Å². The van der Waals surface area contributed by atoms with Crippen LogP contribution in [-0.2, 0) is 14.3 Å². The fourth-order valence-corrected chi connectivity index (χ4v) is 0.882. The largest absolute Gasteiger partial charge is 0.443 e. The van der Waals surface area contributed by atoms with Crippen LogP contribution in [-0.4, -0.2) is 59.1 Å². The molecule has 0 unspecified atom stereocenters. The van der Waals surface area contributed by atoms with Gasteiger partial charge < -0.3 is 15.0 Å². The van der Waals surface area contributed by atoms with Crippen LogP contribution < -0.4 is 5.32 Å². The lowest BCUT2D eigenvalue weighted by Crippen LogP contribution is -2.27. The highest BCUT2D eigenvalue weighted by Crippen LogP contribution is 2.09. The highest BCUT2D eigenvalue weighted by Gasteiger charge is 2.18. The van der Waals surface area contributed by atoms with Gasteiger partial charge in [0.1, 0.15) is 11.4 Å². The van der Waals surface area contributed by atoms with Gasteiger partial charge in [0.25, 0.3) is 0 Å². The minimum absolute atomic E-state index is 0.00463. The molecule has 8 heteroatoms. The van der Waals surface area contributed by atoms with E-state index in [1.54, 1.807) is 40.5 Å². The third-order valence-electron chi connectivity index (χ3n) is 2.40. The van der Waals surface area contributed by atoms with E-state index in [1.165, 1.54) is 23.3 Å². The number of imidazole rings is 1. The summed E-state index contributed by atoms with van der Waals surface area (Å²) in [6.07, 6.45) is 2.77. The van der Waals surface area contributed by atoms with Gasteiger partial charge in [-0.3, -0.25) is 9.59 Å². The Hall–Kier alpha value is -2.38. The highest BCUT2D eigenvalue weighted by molar-refractivity contribution is 5.72. The standard InChI is InChI=1S/C9H14N2O2.C4H9NO.C3H7NO/c1-7-10-5-6-11(7)8(12)13-9(2,3)4;1-4(6)5(2)3;1-3(5)4-2/h5-6H,1-4H3;1-3H3;1-2H3,(H,4,5). The Kier molecular flexibility index (Phi) is 11.1. The zero-order valence-electron chi connectivity index (χ0n) is 16.1. The molecule has 8 nitrogen and oxygen atoms in total.